The SMILES string of the molecule is COCCc1cc2ccc3c(c2oc1=O)C1OC(=O)CC(CCc2cccc(Cc4ccccc4)c2)Cc2ccc4cc2CC#CCC(C)(O3)C1OC(=O)C(=C(C)CO)CC4. The third kappa shape index (κ3) is 9.36. The van der Waals surface area contributed by atoms with Crippen molar-refractivity contribution in [1.82, 2.24) is 0 Å². The summed E-state index contributed by atoms with van der Waals surface area (Å²) in [5, 5.41) is 10.9. The van der Waals surface area contributed by atoms with Gasteiger partial charge in [0.2, 0.25) is 0 Å². The van der Waals surface area contributed by atoms with Gasteiger partial charge in [0, 0.05) is 42.9 Å². The lowest BCUT2D eigenvalue weighted by Gasteiger charge is -2.44. The van der Waals surface area contributed by atoms with Gasteiger partial charge in [0.25, 0.3) is 0 Å². The minimum Gasteiger partial charge on any atom is -0.482 e. The van der Waals surface area contributed by atoms with Gasteiger partial charge in [-0.1, -0.05) is 84.6 Å². The lowest BCUT2D eigenvalue weighted by Crippen LogP contribution is -2.54. The highest BCUT2D eigenvalue weighted by Crippen LogP contribution is 2.48. The van der Waals surface area contributed by atoms with Crippen molar-refractivity contribution in [3.63, 3.8) is 0 Å². The van der Waals surface area contributed by atoms with E-state index in [0.717, 1.165) is 29.5 Å². The third-order valence-corrected chi connectivity index (χ3v) is 12.4. The molecule has 0 fully saturated rings. The molecular formula is C52H52O9. The molecule has 5 bridgehead atoms. The van der Waals surface area contributed by atoms with E-state index in [9.17, 15) is 19.5 Å². The standard InChI is InChI=1S/C52H52O9/c1-33(32-53)43-21-18-36-17-19-40-29-38(16-15-35-12-9-13-37(27-35)26-34-10-5-4-6-11-34)30-45(54)58-48-46-44(22-20-41-31-42(23-25-57-3)50(55)59-47(41)46)61-52(2,49(48)60-51(43)56)24-8-7-14-39(40)28-36/h4-6,9-13,17,19-20,22,27-28,31,38,48-49,53H,14-16,18,21,23-26,29-30,32H2,1-3H3. The second kappa shape index (κ2) is 18.3. The summed E-state index contributed by atoms with van der Waals surface area (Å²) in [5.41, 5.74) is 6.80. The van der Waals surface area contributed by atoms with Gasteiger partial charge in [0.15, 0.2) is 17.8 Å². The predicted octanol–water partition coefficient (Wildman–Crippen LogP) is 8.31. The Labute approximate surface area is 356 Å². The molecule has 0 radical (unpaired) electrons. The molecule has 0 amide bonds. The van der Waals surface area contributed by atoms with Crippen molar-refractivity contribution in [2.24, 2.45) is 5.92 Å². The largest absolute Gasteiger partial charge is 0.482 e. The molecule has 0 saturated carbocycles. The molecule has 1 aromatic heterocycles. The molecular weight excluding hydrogens is 769 g/mol. The molecule has 5 aromatic rings. The van der Waals surface area contributed by atoms with Crippen LogP contribution in [0.4, 0.5) is 0 Å². The van der Waals surface area contributed by atoms with E-state index < -0.39 is 35.4 Å². The van der Waals surface area contributed by atoms with E-state index in [0.29, 0.717) is 78.5 Å². The number of carbonyl (C=O) groups is 2. The monoisotopic (exact) mass is 820 g/mol. The maximum Gasteiger partial charge on any atom is 0.339 e. The van der Waals surface area contributed by atoms with Crippen LogP contribution in [0.2, 0.25) is 0 Å². The number of aliphatic hydroxyl groups excluding tert-OH is 1. The van der Waals surface area contributed by atoms with Crippen LogP contribution >= 0.6 is 0 Å². The second-order valence-electron chi connectivity index (χ2n) is 16.9. The molecule has 0 aliphatic carbocycles. The van der Waals surface area contributed by atoms with Crippen LogP contribution in [0.3, 0.4) is 0 Å². The van der Waals surface area contributed by atoms with Gasteiger partial charge in [-0.2, -0.15) is 0 Å². The van der Waals surface area contributed by atoms with Crippen LogP contribution in [0, 0.1) is 17.8 Å². The first-order valence-electron chi connectivity index (χ1n) is 21.3. The first kappa shape index (κ1) is 41.8. The highest BCUT2D eigenvalue weighted by atomic mass is 16.6. The van der Waals surface area contributed by atoms with Crippen molar-refractivity contribution >= 4 is 22.9 Å². The molecule has 4 atom stereocenters. The fourth-order valence-corrected chi connectivity index (χ4v) is 8.95. The lowest BCUT2D eigenvalue weighted by atomic mass is 9.83. The number of hydrogen-bond acceptors (Lipinski definition) is 9. The number of ether oxygens (including phenoxy) is 4. The van der Waals surface area contributed by atoms with Crippen LogP contribution in [-0.2, 0) is 62.3 Å². The van der Waals surface area contributed by atoms with Crippen LogP contribution < -0.4 is 10.4 Å². The fraction of sp³-hybridized carbons (Fsp3) is 0.365. The second-order valence-corrected chi connectivity index (χ2v) is 16.9. The summed E-state index contributed by atoms with van der Waals surface area (Å²) in [6, 6.07) is 30.8. The maximum absolute atomic E-state index is 14.6. The van der Waals surface area contributed by atoms with E-state index >= 15 is 0 Å². The average Bonchev–Trinajstić information content (AvgIpc) is 3.25. The molecule has 8 rings (SSSR count). The molecule has 1 N–H and O–H groups in total. The summed E-state index contributed by atoms with van der Waals surface area (Å²) in [4.78, 5) is 42.5. The van der Waals surface area contributed by atoms with Gasteiger partial charge in [0.1, 0.15) is 11.3 Å². The summed E-state index contributed by atoms with van der Waals surface area (Å²) in [6.45, 7) is 3.51. The lowest BCUT2D eigenvalue weighted by molar-refractivity contribution is -0.190. The van der Waals surface area contributed by atoms with E-state index in [2.05, 4.69) is 78.6 Å². The molecule has 3 aliphatic heterocycles. The fourth-order valence-electron chi connectivity index (χ4n) is 8.95. The zero-order valence-electron chi connectivity index (χ0n) is 35.1. The van der Waals surface area contributed by atoms with Crippen molar-refractivity contribution < 1.29 is 38.1 Å². The number of aryl methyl sites for hydroxylation is 2. The highest BCUT2D eigenvalue weighted by Gasteiger charge is 2.53. The minimum atomic E-state index is -1.30. The Bertz CT molecular complexity index is 2590. The normalized spacial score (nSPS) is 22.1. The third-order valence-electron chi connectivity index (χ3n) is 12.4. The summed E-state index contributed by atoms with van der Waals surface area (Å²) in [6.07, 6.45) is 2.41. The Morgan fingerprint density at radius 2 is 1.67 bits per heavy atom. The van der Waals surface area contributed by atoms with Crippen LogP contribution in [0.1, 0.15) is 90.1 Å². The average molecular weight is 821 g/mol. The van der Waals surface area contributed by atoms with Crippen molar-refractivity contribution in [3.05, 3.63) is 157 Å². The van der Waals surface area contributed by atoms with E-state index in [4.69, 9.17) is 23.4 Å². The molecule has 61 heavy (non-hydrogen) atoms. The van der Waals surface area contributed by atoms with E-state index in [-0.39, 0.29) is 30.9 Å². The molecule has 314 valence electrons. The topological polar surface area (TPSA) is 122 Å². The first-order valence-corrected chi connectivity index (χ1v) is 21.3. The summed E-state index contributed by atoms with van der Waals surface area (Å²) >= 11 is 0. The number of carbonyl (C=O) groups excluding carboxylic acids is 2. The van der Waals surface area contributed by atoms with Gasteiger partial charge >= 0.3 is 17.6 Å². The van der Waals surface area contributed by atoms with Crippen LogP contribution in [0.15, 0.2) is 111 Å². The van der Waals surface area contributed by atoms with Crippen LogP contribution in [0.25, 0.3) is 11.0 Å². The molecule has 9 heteroatoms. The van der Waals surface area contributed by atoms with E-state index in [1.807, 2.05) is 6.07 Å². The zero-order chi connectivity index (χ0) is 42.5. The quantitative estimate of drug-likeness (QED) is 0.0678. The van der Waals surface area contributed by atoms with E-state index in [1.54, 1.807) is 39.2 Å². The number of aliphatic hydroxyl groups is 1. The van der Waals surface area contributed by atoms with Crippen LogP contribution in [-0.4, -0.2) is 49.1 Å². The Morgan fingerprint density at radius 3 is 2.49 bits per heavy atom. The van der Waals surface area contributed by atoms with Crippen molar-refractivity contribution in [2.75, 3.05) is 20.3 Å². The Morgan fingerprint density at radius 1 is 0.852 bits per heavy atom. The van der Waals surface area contributed by atoms with Crippen LogP contribution in [0.5, 0.6) is 5.75 Å². The molecule has 9 nitrogen and oxygen atoms in total. The number of benzene rings is 4. The summed E-state index contributed by atoms with van der Waals surface area (Å²) in [5.74, 6) is 5.84. The maximum atomic E-state index is 14.6. The highest BCUT2D eigenvalue weighted by molar-refractivity contribution is 5.90. The smallest absolute Gasteiger partial charge is 0.339 e. The predicted molar refractivity (Wildman–Crippen MR) is 232 cm³/mol. The van der Waals surface area contributed by atoms with Gasteiger partial charge in [-0.15, -0.1) is 0 Å². The molecule has 0 spiro atoms. The Kier molecular flexibility index (Phi) is 12.6. The number of hydrogen-bond donors (Lipinski definition) is 1. The van der Waals surface area contributed by atoms with Gasteiger partial charge in [-0.3, -0.25) is 4.79 Å². The van der Waals surface area contributed by atoms with Gasteiger partial charge in [0.05, 0.1) is 25.2 Å². The Balaban J connectivity index is 1.23. The molecule has 4 unspecified atom stereocenters. The van der Waals surface area contributed by atoms with Crippen molar-refractivity contribution in [3.8, 4) is 17.6 Å². The van der Waals surface area contributed by atoms with Crippen molar-refractivity contribution in [1.29, 1.82) is 0 Å². The number of methoxy groups -OCH3 is 1. The Hall–Kier alpha value is -5.95. The summed E-state index contributed by atoms with van der Waals surface area (Å²) in [7, 11) is 1.57. The van der Waals surface area contributed by atoms with Crippen molar-refractivity contribution in [2.45, 2.75) is 95.9 Å². The molecule has 0 saturated heterocycles. The number of rotatable bonds is 9. The summed E-state index contributed by atoms with van der Waals surface area (Å²) < 4.78 is 31.1. The molecule has 3 aliphatic rings. The molecule has 4 aromatic carbocycles. The number of fused-ring (bicyclic) bond motifs is 7. The van der Waals surface area contributed by atoms with Gasteiger partial charge in [-0.25, -0.2) is 9.59 Å². The molecule has 4 heterocycles. The first-order chi connectivity index (χ1) is 29.6. The van der Waals surface area contributed by atoms with Gasteiger partial charge < -0.3 is 28.5 Å². The zero-order valence-corrected chi connectivity index (χ0v) is 35.1. The number of esters is 2. The minimum absolute atomic E-state index is 0.0886. The van der Waals surface area contributed by atoms with E-state index in [1.165, 1.54) is 16.7 Å². The van der Waals surface area contributed by atoms with Gasteiger partial charge in [-0.05, 0) is 115 Å².